The van der Waals surface area contributed by atoms with Crippen molar-refractivity contribution in [2.75, 3.05) is 32.8 Å². The number of nitrogens with one attached hydrogen (secondary N) is 2. The third kappa shape index (κ3) is 37.0. The zero-order chi connectivity index (χ0) is 45.0. The third-order valence-corrected chi connectivity index (χ3v) is 12.3. The maximum absolute atomic E-state index is 12.9. The minimum atomic E-state index is -0.415. The first-order valence-electron chi connectivity index (χ1n) is 26.6. The van der Waals surface area contributed by atoms with Crippen molar-refractivity contribution in [2.24, 2.45) is 0 Å². The maximum Gasteiger partial charge on any atom is 0.306 e. The number of hydrogen-bond donors (Lipinski definition) is 3. The van der Waals surface area contributed by atoms with Gasteiger partial charge in [-0.3, -0.25) is 14.4 Å². The summed E-state index contributed by atoms with van der Waals surface area (Å²) in [6.45, 7) is 10.4. The van der Waals surface area contributed by atoms with Crippen LogP contribution in [-0.4, -0.2) is 77.8 Å². The molecule has 1 rings (SSSR count). The van der Waals surface area contributed by atoms with Crippen molar-refractivity contribution in [3.63, 3.8) is 0 Å². The molecule has 0 fully saturated rings. The number of rotatable bonds is 47. The van der Waals surface area contributed by atoms with Crippen LogP contribution in [0, 0.1) is 0 Å². The minimum absolute atomic E-state index is 0.0120. The number of ether oxygens (including phenoxy) is 2. The number of aromatic amines is 1. The van der Waals surface area contributed by atoms with E-state index >= 15 is 0 Å². The summed E-state index contributed by atoms with van der Waals surface area (Å²) in [5.41, 5.74) is 0.565. The van der Waals surface area contributed by atoms with Gasteiger partial charge in [0.15, 0.2) is 0 Å². The van der Waals surface area contributed by atoms with Gasteiger partial charge in [0.05, 0.1) is 12.7 Å². The molecule has 362 valence electrons. The van der Waals surface area contributed by atoms with Crippen molar-refractivity contribution in [1.29, 1.82) is 0 Å². The molecule has 0 radical (unpaired) electrons. The number of H-pyrrole nitrogens is 1. The van der Waals surface area contributed by atoms with Crippen LogP contribution in [0.3, 0.4) is 0 Å². The molecule has 0 spiro atoms. The molecule has 1 aromatic heterocycles. The van der Waals surface area contributed by atoms with Gasteiger partial charge < -0.3 is 29.8 Å². The Balaban J connectivity index is 2.39. The van der Waals surface area contributed by atoms with Crippen molar-refractivity contribution in [3.8, 4) is 0 Å². The van der Waals surface area contributed by atoms with Gasteiger partial charge in [-0.15, -0.1) is 0 Å². The molecular formula is C53H99N3O6. The molecule has 0 aliphatic rings. The van der Waals surface area contributed by atoms with E-state index in [0.29, 0.717) is 44.7 Å². The summed E-state index contributed by atoms with van der Waals surface area (Å²) in [4.78, 5) is 42.7. The van der Waals surface area contributed by atoms with Crippen molar-refractivity contribution in [3.05, 3.63) is 24.0 Å². The first-order chi connectivity index (χ1) is 30.4. The smallest absolute Gasteiger partial charge is 0.306 e. The highest BCUT2D eigenvalue weighted by molar-refractivity contribution is 5.92. The Morgan fingerprint density at radius 3 is 1.60 bits per heavy atom. The first-order valence-corrected chi connectivity index (χ1v) is 26.6. The molecule has 1 aromatic rings. The molecule has 0 aliphatic carbocycles. The van der Waals surface area contributed by atoms with E-state index in [-0.39, 0.29) is 23.9 Å². The van der Waals surface area contributed by atoms with Crippen molar-refractivity contribution in [2.45, 2.75) is 264 Å². The third-order valence-electron chi connectivity index (χ3n) is 12.3. The number of carbonyl (C=O) groups is 3. The van der Waals surface area contributed by atoms with E-state index < -0.39 is 6.10 Å². The second-order valence-electron chi connectivity index (χ2n) is 18.4. The normalized spacial score (nSPS) is 12.0. The van der Waals surface area contributed by atoms with E-state index in [1.165, 1.54) is 109 Å². The molecule has 62 heavy (non-hydrogen) atoms. The summed E-state index contributed by atoms with van der Waals surface area (Å²) in [7, 11) is 0. The Kier molecular flexibility index (Phi) is 40.7. The fourth-order valence-electron chi connectivity index (χ4n) is 8.36. The highest BCUT2D eigenvalue weighted by Crippen LogP contribution is 2.19. The van der Waals surface area contributed by atoms with Gasteiger partial charge in [-0.1, -0.05) is 162 Å². The van der Waals surface area contributed by atoms with Crippen molar-refractivity contribution >= 4 is 17.8 Å². The fraction of sp³-hybridized carbons (Fsp3) is 0.868. The van der Waals surface area contributed by atoms with Crippen LogP contribution in [0.25, 0.3) is 0 Å². The van der Waals surface area contributed by atoms with Crippen LogP contribution >= 0.6 is 0 Å². The van der Waals surface area contributed by atoms with Crippen molar-refractivity contribution in [1.82, 2.24) is 15.2 Å². The molecule has 3 N–H and O–H groups in total. The monoisotopic (exact) mass is 874 g/mol. The Bertz CT molecular complexity index is 1110. The number of nitrogens with zero attached hydrogens (tertiary/aromatic N) is 1. The van der Waals surface area contributed by atoms with Crippen LogP contribution in [0.15, 0.2) is 18.3 Å². The molecule has 0 aromatic carbocycles. The summed E-state index contributed by atoms with van der Waals surface area (Å²) in [5, 5.41) is 13.9. The van der Waals surface area contributed by atoms with E-state index in [9.17, 15) is 19.5 Å². The number of carbonyl (C=O) groups excluding carboxylic acids is 3. The molecule has 1 amide bonds. The predicted molar refractivity (Wildman–Crippen MR) is 260 cm³/mol. The van der Waals surface area contributed by atoms with Gasteiger partial charge in [0.2, 0.25) is 0 Å². The summed E-state index contributed by atoms with van der Waals surface area (Å²) in [6.07, 6.45) is 41.3. The Hall–Kier alpha value is -2.39. The molecule has 1 unspecified atom stereocenters. The van der Waals surface area contributed by atoms with Gasteiger partial charge in [0, 0.05) is 32.1 Å². The number of aromatic nitrogens is 1. The van der Waals surface area contributed by atoms with Crippen LogP contribution < -0.4 is 5.32 Å². The summed E-state index contributed by atoms with van der Waals surface area (Å²) < 4.78 is 11.6. The molecule has 9 nitrogen and oxygen atoms in total. The second kappa shape index (κ2) is 43.8. The summed E-state index contributed by atoms with van der Waals surface area (Å²) in [5.74, 6) is -0.183. The quantitative estimate of drug-likeness (QED) is 0.0440. The second-order valence-corrected chi connectivity index (χ2v) is 18.4. The van der Waals surface area contributed by atoms with Gasteiger partial charge in [0.25, 0.3) is 5.91 Å². The standard InChI is InChI=1S/C53H99N3O6/c1-4-7-10-13-16-17-18-24-34-46-61-51(58)40-29-25-33-45-56(47-48(57)36-30-31-42-55-53(60)50-39-35-43-54-50)44-32-23-19-22-28-41-52(59)62-49(37-26-20-14-11-8-5-2)38-27-21-15-12-9-6-3/h35,39,43,48-49,54,57H,4-34,36-38,40-42,44-47H2,1-3H3,(H,55,60). The lowest BCUT2D eigenvalue weighted by Crippen LogP contribution is -2.34. The fourth-order valence-corrected chi connectivity index (χ4v) is 8.36. The van der Waals surface area contributed by atoms with E-state index in [2.05, 4.69) is 36.0 Å². The van der Waals surface area contributed by atoms with Crippen LogP contribution in [0.2, 0.25) is 0 Å². The molecule has 9 heteroatoms. The molecule has 0 saturated heterocycles. The predicted octanol–water partition coefficient (Wildman–Crippen LogP) is 14.0. The molecule has 0 bridgehead atoms. The Morgan fingerprint density at radius 1 is 0.581 bits per heavy atom. The SMILES string of the molecule is CCCCCCCCCCCOC(=O)CCCCCN(CCCCCCCC(=O)OC(CCCCCCCC)CCCCCCCC)CC(O)CCCCNC(=O)c1ccc[nH]1. The average molecular weight is 874 g/mol. The zero-order valence-corrected chi connectivity index (χ0v) is 40.8. The van der Waals surface area contributed by atoms with E-state index in [1.54, 1.807) is 12.3 Å². The number of aliphatic hydroxyl groups excluding tert-OH is 1. The van der Waals surface area contributed by atoms with E-state index in [0.717, 1.165) is 116 Å². The van der Waals surface area contributed by atoms with Crippen LogP contribution in [0.5, 0.6) is 0 Å². The zero-order valence-electron chi connectivity index (χ0n) is 40.8. The highest BCUT2D eigenvalue weighted by Gasteiger charge is 2.15. The molecule has 1 heterocycles. The topological polar surface area (TPSA) is 121 Å². The molecular weight excluding hydrogens is 775 g/mol. The average Bonchev–Trinajstić information content (AvgIpc) is 3.81. The lowest BCUT2D eigenvalue weighted by atomic mass is 10.0. The number of esters is 2. The molecule has 0 aliphatic heterocycles. The maximum atomic E-state index is 12.9. The Labute approximate surface area is 381 Å². The largest absolute Gasteiger partial charge is 0.466 e. The van der Waals surface area contributed by atoms with Gasteiger partial charge in [-0.05, 0) is 102 Å². The highest BCUT2D eigenvalue weighted by atomic mass is 16.5. The van der Waals surface area contributed by atoms with Crippen molar-refractivity contribution < 1.29 is 29.0 Å². The van der Waals surface area contributed by atoms with Gasteiger partial charge in [-0.25, -0.2) is 0 Å². The van der Waals surface area contributed by atoms with Gasteiger partial charge >= 0.3 is 11.9 Å². The summed E-state index contributed by atoms with van der Waals surface area (Å²) in [6, 6.07) is 3.58. The van der Waals surface area contributed by atoms with Crippen LogP contribution in [-0.2, 0) is 19.1 Å². The summed E-state index contributed by atoms with van der Waals surface area (Å²) >= 11 is 0. The van der Waals surface area contributed by atoms with E-state index in [1.807, 2.05) is 6.07 Å². The number of amides is 1. The first kappa shape index (κ1) is 57.6. The van der Waals surface area contributed by atoms with Gasteiger partial charge in [-0.2, -0.15) is 0 Å². The number of hydrogen-bond acceptors (Lipinski definition) is 7. The number of aliphatic hydroxyl groups is 1. The molecule has 1 atom stereocenters. The van der Waals surface area contributed by atoms with Gasteiger partial charge in [0.1, 0.15) is 11.8 Å². The Morgan fingerprint density at radius 2 is 1.05 bits per heavy atom. The van der Waals surface area contributed by atoms with Crippen LogP contribution in [0.4, 0.5) is 0 Å². The lowest BCUT2D eigenvalue weighted by Gasteiger charge is -2.25. The number of unbranched alkanes of at least 4 members (excludes halogenated alkanes) is 25. The van der Waals surface area contributed by atoms with E-state index in [4.69, 9.17) is 9.47 Å². The lowest BCUT2D eigenvalue weighted by molar-refractivity contribution is -0.150. The minimum Gasteiger partial charge on any atom is -0.466 e. The van der Waals surface area contributed by atoms with Crippen LogP contribution in [0.1, 0.15) is 262 Å². The molecule has 0 saturated carbocycles.